The molecule has 2 aliphatic rings. The normalized spacial score (nSPS) is 20.7. The lowest BCUT2D eigenvalue weighted by molar-refractivity contribution is 0.290. The molecule has 9 heteroatoms. The van der Waals surface area contributed by atoms with E-state index in [-0.39, 0.29) is 5.41 Å². The maximum Gasteiger partial charge on any atom is 0.332 e. The summed E-state index contributed by atoms with van der Waals surface area (Å²) in [5, 5.41) is 6.67. The molecule has 3 aromatic heterocycles. The van der Waals surface area contributed by atoms with Crippen LogP contribution in [-0.2, 0) is 25.0 Å². The number of aromatic nitrogens is 4. The summed E-state index contributed by atoms with van der Waals surface area (Å²) in [7, 11) is 1.63. The molecule has 0 aromatic carbocycles. The van der Waals surface area contributed by atoms with E-state index < -0.39 is 11.1 Å². The van der Waals surface area contributed by atoms with Gasteiger partial charge >= 0.3 is 11.1 Å². The third-order valence-corrected chi connectivity index (χ3v) is 7.04. The lowest BCUT2D eigenvalue weighted by Crippen LogP contribution is -2.45. The molecule has 0 amide bonds. The molecule has 3 aromatic rings. The van der Waals surface area contributed by atoms with Crippen LogP contribution in [-0.4, -0.2) is 44.4 Å². The third kappa shape index (κ3) is 3.18. The van der Waals surface area contributed by atoms with Gasteiger partial charge in [0.25, 0.3) is 0 Å². The minimum atomic E-state index is -0.542. The van der Waals surface area contributed by atoms with Crippen LogP contribution in [0.2, 0.25) is 0 Å². The number of rotatable bonds is 5. The molecule has 30 heavy (non-hydrogen) atoms. The zero-order chi connectivity index (χ0) is 20.7. The zero-order valence-corrected chi connectivity index (χ0v) is 17.6. The smallest absolute Gasteiger partial charge is 0.332 e. The number of nitrogens with zero attached hydrogens (tertiary/aromatic N) is 5. The van der Waals surface area contributed by atoms with E-state index in [1.54, 1.807) is 29.2 Å². The number of fused-ring (bicyclic) bond motifs is 2. The molecular weight excluding hydrogens is 402 g/mol. The van der Waals surface area contributed by atoms with Gasteiger partial charge in [0, 0.05) is 41.7 Å². The first-order valence-corrected chi connectivity index (χ1v) is 10.9. The lowest BCUT2D eigenvalue weighted by Gasteiger charge is -2.24. The van der Waals surface area contributed by atoms with Crippen molar-refractivity contribution in [3.05, 3.63) is 72.8 Å². The Labute approximate surface area is 177 Å². The van der Waals surface area contributed by atoms with E-state index in [0.717, 1.165) is 48.7 Å². The SMILES string of the molecule is COc1ncccc1CN1CCC2(CCn3c2nn(Cc2cccs2)c(=O)c3=O)C1. The van der Waals surface area contributed by atoms with Gasteiger partial charge in [0.2, 0.25) is 5.88 Å². The molecule has 5 rings (SSSR count). The second-order valence-electron chi connectivity index (χ2n) is 7.99. The van der Waals surface area contributed by atoms with Crippen LogP contribution in [0.1, 0.15) is 29.1 Å². The topological polar surface area (TPSA) is 82.2 Å². The summed E-state index contributed by atoms with van der Waals surface area (Å²) in [5.41, 5.74) is -0.150. The van der Waals surface area contributed by atoms with Crippen molar-refractivity contribution in [2.75, 3.05) is 20.2 Å². The minimum Gasteiger partial charge on any atom is -0.481 e. The summed E-state index contributed by atoms with van der Waals surface area (Å²) in [6.45, 7) is 3.33. The number of hydrogen-bond donors (Lipinski definition) is 0. The molecule has 8 nitrogen and oxygen atoms in total. The van der Waals surface area contributed by atoms with Gasteiger partial charge in [-0.05, 0) is 36.9 Å². The highest BCUT2D eigenvalue weighted by Gasteiger charge is 2.47. The van der Waals surface area contributed by atoms with Gasteiger partial charge in [-0.2, -0.15) is 5.10 Å². The molecule has 0 aliphatic carbocycles. The second-order valence-corrected chi connectivity index (χ2v) is 9.02. The van der Waals surface area contributed by atoms with E-state index in [0.29, 0.717) is 19.0 Å². The summed E-state index contributed by atoms with van der Waals surface area (Å²) in [6, 6.07) is 7.84. The van der Waals surface area contributed by atoms with E-state index in [9.17, 15) is 9.59 Å². The first kappa shape index (κ1) is 19.2. The highest BCUT2D eigenvalue weighted by Crippen LogP contribution is 2.41. The first-order chi connectivity index (χ1) is 14.6. The van der Waals surface area contributed by atoms with Crippen LogP contribution in [0.4, 0.5) is 0 Å². The number of ether oxygens (including phenoxy) is 1. The minimum absolute atomic E-state index is 0.195. The van der Waals surface area contributed by atoms with Gasteiger partial charge in [0.1, 0.15) is 5.82 Å². The first-order valence-electron chi connectivity index (χ1n) is 10.0. The fourth-order valence-corrected chi connectivity index (χ4v) is 5.37. The molecule has 1 fully saturated rings. The van der Waals surface area contributed by atoms with Gasteiger partial charge in [-0.3, -0.25) is 19.1 Å². The van der Waals surface area contributed by atoms with Crippen molar-refractivity contribution in [1.82, 2.24) is 24.2 Å². The standard InChI is InChI=1S/C21H23N5O3S/c1-29-17-15(4-2-8-22-17)12-24-9-6-21(14-24)7-10-25-18(27)19(28)26(23-20(21)25)13-16-5-3-11-30-16/h2-5,8,11H,6-7,9-10,12-14H2,1H3. The predicted molar refractivity (Wildman–Crippen MR) is 113 cm³/mol. The highest BCUT2D eigenvalue weighted by molar-refractivity contribution is 7.09. The van der Waals surface area contributed by atoms with Gasteiger partial charge in [-0.1, -0.05) is 12.1 Å². The molecule has 1 unspecified atom stereocenters. The fourth-order valence-electron chi connectivity index (χ4n) is 4.68. The second kappa shape index (κ2) is 7.48. The summed E-state index contributed by atoms with van der Waals surface area (Å²) < 4.78 is 8.34. The molecule has 5 heterocycles. The Bertz CT molecular complexity index is 1190. The molecule has 0 saturated carbocycles. The van der Waals surface area contributed by atoms with Gasteiger partial charge < -0.3 is 4.74 Å². The zero-order valence-electron chi connectivity index (χ0n) is 16.8. The largest absolute Gasteiger partial charge is 0.481 e. The number of pyridine rings is 1. The van der Waals surface area contributed by atoms with Crippen LogP contribution >= 0.6 is 11.3 Å². The Kier molecular flexibility index (Phi) is 4.79. The maximum atomic E-state index is 12.8. The summed E-state index contributed by atoms with van der Waals surface area (Å²) in [6.07, 6.45) is 3.47. The van der Waals surface area contributed by atoms with Gasteiger partial charge in [-0.15, -0.1) is 11.3 Å². The average Bonchev–Trinajstić information content (AvgIpc) is 3.49. The maximum absolute atomic E-state index is 12.8. The van der Waals surface area contributed by atoms with E-state index in [1.807, 2.05) is 29.6 Å². The van der Waals surface area contributed by atoms with Crippen molar-refractivity contribution in [3.63, 3.8) is 0 Å². The Balaban J connectivity index is 1.45. The van der Waals surface area contributed by atoms with Crippen LogP contribution in [0.5, 0.6) is 5.88 Å². The number of methoxy groups -OCH3 is 1. The highest BCUT2D eigenvalue weighted by atomic mass is 32.1. The quantitative estimate of drug-likeness (QED) is 0.576. The Morgan fingerprint density at radius 1 is 1.13 bits per heavy atom. The van der Waals surface area contributed by atoms with Crippen LogP contribution in [0.3, 0.4) is 0 Å². The van der Waals surface area contributed by atoms with Gasteiger partial charge in [0.05, 0.1) is 13.7 Å². The molecule has 2 aliphatic heterocycles. The summed E-state index contributed by atoms with van der Waals surface area (Å²) in [4.78, 5) is 33.0. The lowest BCUT2D eigenvalue weighted by atomic mass is 9.85. The van der Waals surface area contributed by atoms with E-state index >= 15 is 0 Å². The summed E-state index contributed by atoms with van der Waals surface area (Å²) in [5.74, 6) is 1.40. The van der Waals surface area contributed by atoms with Crippen molar-refractivity contribution >= 4 is 11.3 Å². The fraction of sp³-hybridized carbons (Fsp3) is 0.429. The summed E-state index contributed by atoms with van der Waals surface area (Å²) >= 11 is 1.56. The van der Waals surface area contributed by atoms with E-state index in [1.165, 1.54) is 4.68 Å². The van der Waals surface area contributed by atoms with Gasteiger partial charge in [0.15, 0.2) is 0 Å². The van der Waals surface area contributed by atoms with Crippen molar-refractivity contribution < 1.29 is 4.74 Å². The molecular formula is C21H23N5O3S. The molecule has 1 spiro atoms. The molecule has 1 atom stereocenters. The van der Waals surface area contributed by atoms with E-state index in [4.69, 9.17) is 9.84 Å². The van der Waals surface area contributed by atoms with Crippen LogP contribution in [0.15, 0.2) is 45.4 Å². The van der Waals surface area contributed by atoms with Crippen molar-refractivity contribution in [2.24, 2.45) is 0 Å². The molecule has 0 N–H and O–H groups in total. The number of thiophene rings is 1. The molecule has 0 bridgehead atoms. The Hall–Kier alpha value is -2.78. The number of likely N-dealkylation sites (tertiary alicyclic amines) is 1. The predicted octanol–water partition coefficient (Wildman–Crippen LogP) is 1.47. The Morgan fingerprint density at radius 2 is 2.00 bits per heavy atom. The third-order valence-electron chi connectivity index (χ3n) is 6.18. The molecule has 156 valence electrons. The van der Waals surface area contributed by atoms with Crippen LogP contribution in [0, 0.1) is 0 Å². The van der Waals surface area contributed by atoms with Crippen molar-refractivity contribution in [2.45, 2.75) is 37.9 Å². The van der Waals surface area contributed by atoms with Crippen molar-refractivity contribution in [3.8, 4) is 5.88 Å². The van der Waals surface area contributed by atoms with Gasteiger partial charge in [-0.25, -0.2) is 9.67 Å². The molecule has 1 saturated heterocycles. The average molecular weight is 426 g/mol. The van der Waals surface area contributed by atoms with E-state index in [2.05, 4.69) is 9.88 Å². The Morgan fingerprint density at radius 3 is 2.80 bits per heavy atom. The molecule has 0 radical (unpaired) electrons. The van der Waals surface area contributed by atoms with Crippen LogP contribution in [0.25, 0.3) is 0 Å². The number of hydrogen-bond acceptors (Lipinski definition) is 7. The monoisotopic (exact) mass is 425 g/mol. The van der Waals surface area contributed by atoms with Crippen LogP contribution < -0.4 is 15.9 Å². The van der Waals surface area contributed by atoms with Crippen molar-refractivity contribution in [1.29, 1.82) is 0 Å².